The molecular formula is C15H20N2O6S. The number of ether oxygens (including phenoxy) is 1. The predicted molar refractivity (Wildman–Crippen MR) is 87.2 cm³/mol. The first-order valence-corrected chi connectivity index (χ1v) is 8.21. The number of thiophene rings is 1. The molecule has 1 atom stereocenters. The van der Waals surface area contributed by atoms with Crippen LogP contribution in [0.25, 0.3) is 0 Å². The average molecular weight is 356 g/mol. The Morgan fingerprint density at radius 3 is 2.58 bits per heavy atom. The number of fused-ring (bicyclic) bond motifs is 1. The maximum absolute atomic E-state index is 11.9. The van der Waals surface area contributed by atoms with Crippen LogP contribution in [0.1, 0.15) is 41.6 Å². The van der Waals surface area contributed by atoms with E-state index in [1.54, 1.807) is 0 Å². The van der Waals surface area contributed by atoms with Crippen LogP contribution in [0, 0.1) is 0 Å². The van der Waals surface area contributed by atoms with Crippen molar-refractivity contribution in [3.05, 3.63) is 16.0 Å². The molecule has 1 aliphatic rings. The van der Waals surface area contributed by atoms with Gasteiger partial charge in [-0.1, -0.05) is 0 Å². The molecule has 0 radical (unpaired) electrons. The Kier molecular flexibility index (Phi) is 5.26. The highest BCUT2D eigenvalue weighted by Crippen LogP contribution is 2.40. The summed E-state index contributed by atoms with van der Waals surface area (Å²) in [5, 5.41) is 23.3. The Balaban J connectivity index is 2.22. The minimum atomic E-state index is -1.16. The molecule has 2 amide bonds. The molecule has 0 aliphatic carbocycles. The van der Waals surface area contributed by atoms with Gasteiger partial charge in [-0.3, -0.25) is 9.59 Å². The highest BCUT2D eigenvalue weighted by Gasteiger charge is 2.34. The highest BCUT2D eigenvalue weighted by atomic mass is 32.1. The van der Waals surface area contributed by atoms with E-state index in [0.29, 0.717) is 12.0 Å². The van der Waals surface area contributed by atoms with Crippen LogP contribution in [0.5, 0.6) is 0 Å². The Morgan fingerprint density at radius 2 is 2.00 bits per heavy atom. The van der Waals surface area contributed by atoms with Crippen molar-refractivity contribution < 1.29 is 29.3 Å². The fourth-order valence-electron chi connectivity index (χ4n) is 2.35. The van der Waals surface area contributed by atoms with Crippen molar-refractivity contribution in [2.75, 3.05) is 11.9 Å². The van der Waals surface area contributed by atoms with Crippen LogP contribution in [-0.4, -0.2) is 46.2 Å². The molecule has 2 heterocycles. The number of nitrogens with one attached hydrogen (secondary N) is 2. The van der Waals surface area contributed by atoms with E-state index in [4.69, 9.17) is 9.84 Å². The Bertz CT molecular complexity index is 680. The summed E-state index contributed by atoms with van der Waals surface area (Å²) in [5.74, 6) is -3.07. The molecule has 0 saturated carbocycles. The fraction of sp³-hybridized carbons (Fsp3) is 0.533. The van der Waals surface area contributed by atoms with Crippen molar-refractivity contribution in [2.45, 2.75) is 45.5 Å². The lowest BCUT2D eigenvalue weighted by Crippen LogP contribution is -2.38. The van der Waals surface area contributed by atoms with E-state index in [-0.39, 0.29) is 23.7 Å². The number of hydrogen-bond acceptors (Lipinski definition) is 6. The first-order chi connectivity index (χ1) is 11.1. The van der Waals surface area contributed by atoms with Gasteiger partial charge in [0.1, 0.15) is 5.00 Å². The SMILES string of the molecule is CC(O)CNC(=O)C(=O)Nc1sc2c(c1C(=O)O)CC(C)(C)OC2. The smallest absolute Gasteiger partial charge is 0.339 e. The molecule has 0 fully saturated rings. The number of hydrogen-bond donors (Lipinski definition) is 4. The zero-order valence-electron chi connectivity index (χ0n) is 13.6. The summed E-state index contributed by atoms with van der Waals surface area (Å²) in [4.78, 5) is 35.9. The number of carbonyl (C=O) groups excluding carboxylic acids is 2. The maximum Gasteiger partial charge on any atom is 0.339 e. The van der Waals surface area contributed by atoms with Crippen LogP contribution in [0.15, 0.2) is 0 Å². The van der Waals surface area contributed by atoms with Crippen LogP contribution in [0.2, 0.25) is 0 Å². The van der Waals surface area contributed by atoms with Gasteiger partial charge < -0.3 is 25.6 Å². The molecule has 9 heteroatoms. The van der Waals surface area contributed by atoms with Crippen LogP contribution in [-0.2, 0) is 27.4 Å². The van der Waals surface area contributed by atoms with Gasteiger partial charge in [0, 0.05) is 17.8 Å². The van der Waals surface area contributed by atoms with Crippen molar-refractivity contribution in [3.63, 3.8) is 0 Å². The second-order valence-corrected chi connectivity index (χ2v) is 7.36. The largest absolute Gasteiger partial charge is 0.478 e. The van der Waals surface area contributed by atoms with Crippen LogP contribution < -0.4 is 10.6 Å². The standard InChI is InChI=1S/C15H20N2O6S/c1-7(18)5-16-11(19)12(20)17-13-10(14(21)22)8-4-15(2,3)23-6-9(8)24-13/h7,18H,4-6H2,1-3H3,(H,16,19)(H,17,20)(H,21,22). The van der Waals surface area contributed by atoms with E-state index in [0.717, 1.165) is 16.2 Å². The quantitative estimate of drug-likeness (QED) is 0.590. The van der Waals surface area contributed by atoms with Crippen LogP contribution >= 0.6 is 11.3 Å². The first kappa shape index (κ1) is 18.4. The molecule has 2 rings (SSSR count). The van der Waals surface area contributed by atoms with Gasteiger partial charge in [-0.05, 0) is 26.3 Å². The highest BCUT2D eigenvalue weighted by molar-refractivity contribution is 7.17. The number of carbonyl (C=O) groups is 3. The molecule has 1 aromatic heterocycles. The number of carboxylic acid groups (broad SMARTS) is 1. The van der Waals surface area contributed by atoms with Gasteiger partial charge in [0.2, 0.25) is 0 Å². The summed E-state index contributed by atoms with van der Waals surface area (Å²) < 4.78 is 5.65. The summed E-state index contributed by atoms with van der Waals surface area (Å²) in [6.07, 6.45) is -0.380. The molecule has 1 unspecified atom stereocenters. The first-order valence-electron chi connectivity index (χ1n) is 7.40. The van der Waals surface area contributed by atoms with Crippen LogP contribution in [0.4, 0.5) is 5.00 Å². The van der Waals surface area contributed by atoms with Gasteiger partial charge in [0.25, 0.3) is 0 Å². The normalized spacial score (nSPS) is 16.8. The number of aliphatic hydroxyl groups is 1. The zero-order chi connectivity index (χ0) is 18.1. The van der Waals surface area contributed by atoms with Crippen molar-refractivity contribution >= 4 is 34.1 Å². The van der Waals surface area contributed by atoms with Crippen molar-refractivity contribution in [1.29, 1.82) is 0 Å². The van der Waals surface area contributed by atoms with Gasteiger partial charge in [-0.15, -0.1) is 11.3 Å². The average Bonchev–Trinajstić information content (AvgIpc) is 2.80. The molecule has 4 N–H and O–H groups in total. The summed E-state index contributed by atoms with van der Waals surface area (Å²) in [7, 11) is 0. The maximum atomic E-state index is 11.9. The summed E-state index contributed by atoms with van der Waals surface area (Å²) in [6.45, 7) is 5.39. The number of aliphatic hydroxyl groups excluding tert-OH is 1. The minimum absolute atomic E-state index is 0.00283. The molecule has 8 nitrogen and oxygen atoms in total. The Hall–Kier alpha value is -1.97. The monoisotopic (exact) mass is 356 g/mol. The predicted octanol–water partition coefficient (Wildman–Crippen LogP) is 0.733. The fourth-order valence-corrected chi connectivity index (χ4v) is 3.47. The van der Waals surface area contributed by atoms with E-state index in [1.165, 1.54) is 6.92 Å². The second kappa shape index (κ2) is 6.88. The van der Waals surface area contributed by atoms with Crippen molar-refractivity contribution in [1.82, 2.24) is 5.32 Å². The molecule has 1 aliphatic heterocycles. The molecule has 132 valence electrons. The van der Waals surface area contributed by atoms with Gasteiger partial charge in [-0.2, -0.15) is 0 Å². The van der Waals surface area contributed by atoms with E-state index in [1.807, 2.05) is 13.8 Å². The van der Waals surface area contributed by atoms with Crippen molar-refractivity contribution in [3.8, 4) is 0 Å². The van der Waals surface area contributed by atoms with Gasteiger partial charge in [-0.25, -0.2) is 4.79 Å². The zero-order valence-corrected chi connectivity index (χ0v) is 14.5. The number of rotatable bonds is 4. The topological polar surface area (TPSA) is 125 Å². The second-order valence-electron chi connectivity index (χ2n) is 6.25. The van der Waals surface area contributed by atoms with E-state index in [2.05, 4.69) is 10.6 Å². The molecule has 0 spiro atoms. The van der Waals surface area contributed by atoms with Crippen molar-refractivity contribution in [2.24, 2.45) is 0 Å². The molecule has 0 aromatic carbocycles. The summed E-state index contributed by atoms with van der Waals surface area (Å²) >= 11 is 1.09. The number of anilines is 1. The lowest BCUT2D eigenvalue weighted by molar-refractivity contribution is -0.136. The Labute approximate surface area is 142 Å². The summed E-state index contributed by atoms with van der Waals surface area (Å²) in [6, 6.07) is 0. The molecule has 0 bridgehead atoms. The van der Waals surface area contributed by atoms with E-state index < -0.39 is 29.5 Å². The number of amides is 2. The number of aromatic carboxylic acids is 1. The van der Waals surface area contributed by atoms with Gasteiger partial charge in [0.05, 0.1) is 23.9 Å². The van der Waals surface area contributed by atoms with E-state index >= 15 is 0 Å². The lowest BCUT2D eigenvalue weighted by Gasteiger charge is -2.30. The molecule has 0 saturated heterocycles. The lowest BCUT2D eigenvalue weighted by atomic mass is 9.93. The molecular weight excluding hydrogens is 336 g/mol. The van der Waals surface area contributed by atoms with Crippen LogP contribution in [0.3, 0.4) is 0 Å². The minimum Gasteiger partial charge on any atom is -0.478 e. The molecule has 24 heavy (non-hydrogen) atoms. The number of carboxylic acids is 1. The Morgan fingerprint density at radius 1 is 1.33 bits per heavy atom. The van der Waals surface area contributed by atoms with Gasteiger partial charge in [0.15, 0.2) is 0 Å². The molecule has 1 aromatic rings. The van der Waals surface area contributed by atoms with Gasteiger partial charge >= 0.3 is 17.8 Å². The third-order valence-electron chi connectivity index (χ3n) is 3.49. The third kappa shape index (κ3) is 4.11. The van der Waals surface area contributed by atoms with E-state index in [9.17, 15) is 19.5 Å². The summed E-state index contributed by atoms with van der Waals surface area (Å²) in [5.41, 5.74) is 0.139. The third-order valence-corrected chi connectivity index (χ3v) is 4.61.